The predicted octanol–water partition coefficient (Wildman–Crippen LogP) is 1.43. The molecule has 2 aromatic rings. The fourth-order valence-corrected chi connectivity index (χ4v) is 4.04. The molecular weight excluding hydrogens is 334 g/mol. The first-order chi connectivity index (χ1) is 12.6. The second-order valence-electron chi connectivity index (χ2n) is 6.99. The molecule has 0 aromatic carbocycles. The zero-order chi connectivity index (χ0) is 18.1. The molecule has 26 heavy (non-hydrogen) atoms. The highest BCUT2D eigenvalue weighted by molar-refractivity contribution is 5.77. The molecule has 4 heterocycles. The smallest absolute Gasteiger partial charge is 0.252 e. The lowest BCUT2D eigenvalue weighted by Gasteiger charge is -2.38. The van der Waals surface area contributed by atoms with Crippen LogP contribution in [0.4, 0.5) is 0 Å². The SMILES string of the molecule is Cc1nc2ncnn2c(C)c1CCC(=O)N1CCCCC1C1OCCO1. The van der Waals surface area contributed by atoms with Crippen molar-refractivity contribution in [2.75, 3.05) is 19.8 Å². The van der Waals surface area contributed by atoms with E-state index >= 15 is 0 Å². The first-order valence-electron chi connectivity index (χ1n) is 9.33. The molecule has 2 fully saturated rings. The molecule has 0 N–H and O–H groups in total. The molecule has 0 saturated carbocycles. The molecule has 1 unspecified atom stereocenters. The van der Waals surface area contributed by atoms with Crippen LogP contribution in [0.3, 0.4) is 0 Å². The molecule has 8 nitrogen and oxygen atoms in total. The van der Waals surface area contributed by atoms with E-state index in [9.17, 15) is 4.79 Å². The number of aromatic nitrogens is 4. The number of ether oxygens (including phenoxy) is 2. The summed E-state index contributed by atoms with van der Waals surface area (Å²) in [6, 6.07) is 0.0388. The number of rotatable bonds is 4. The Labute approximate surface area is 152 Å². The van der Waals surface area contributed by atoms with E-state index in [-0.39, 0.29) is 18.2 Å². The van der Waals surface area contributed by atoms with Crippen LogP contribution in [-0.4, -0.2) is 62.5 Å². The summed E-state index contributed by atoms with van der Waals surface area (Å²) in [7, 11) is 0. The number of amides is 1. The van der Waals surface area contributed by atoms with Gasteiger partial charge in [0.2, 0.25) is 5.91 Å². The zero-order valence-corrected chi connectivity index (χ0v) is 15.3. The highest BCUT2D eigenvalue weighted by atomic mass is 16.7. The van der Waals surface area contributed by atoms with Crippen molar-refractivity contribution in [3.63, 3.8) is 0 Å². The van der Waals surface area contributed by atoms with Gasteiger partial charge in [-0.15, -0.1) is 0 Å². The van der Waals surface area contributed by atoms with Crippen molar-refractivity contribution < 1.29 is 14.3 Å². The van der Waals surface area contributed by atoms with Gasteiger partial charge in [0, 0.05) is 24.4 Å². The molecular formula is C18H25N5O3. The Morgan fingerprint density at radius 3 is 2.88 bits per heavy atom. The first-order valence-corrected chi connectivity index (χ1v) is 9.33. The molecule has 0 spiro atoms. The van der Waals surface area contributed by atoms with E-state index in [0.717, 1.165) is 42.8 Å². The lowest BCUT2D eigenvalue weighted by Crippen LogP contribution is -2.50. The summed E-state index contributed by atoms with van der Waals surface area (Å²) in [6.45, 7) is 5.98. The van der Waals surface area contributed by atoms with Gasteiger partial charge < -0.3 is 14.4 Å². The number of carbonyl (C=O) groups is 1. The quantitative estimate of drug-likeness (QED) is 0.821. The third-order valence-corrected chi connectivity index (χ3v) is 5.41. The molecule has 1 amide bonds. The molecule has 8 heteroatoms. The topological polar surface area (TPSA) is 81.9 Å². The van der Waals surface area contributed by atoms with Crippen LogP contribution in [0.1, 0.15) is 42.6 Å². The largest absolute Gasteiger partial charge is 0.348 e. The highest BCUT2D eigenvalue weighted by Crippen LogP contribution is 2.25. The summed E-state index contributed by atoms with van der Waals surface area (Å²) < 4.78 is 13.1. The number of aryl methyl sites for hydroxylation is 2. The van der Waals surface area contributed by atoms with E-state index in [1.165, 1.54) is 6.33 Å². The van der Waals surface area contributed by atoms with Gasteiger partial charge in [0.25, 0.3) is 5.78 Å². The third kappa shape index (κ3) is 3.19. The van der Waals surface area contributed by atoms with Crippen LogP contribution in [0.15, 0.2) is 6.33 Å². The van der Waals surface area contributed by atoms with Crippen molar-refractivity contribution in [3.05, 3.63) is 23.3 Å². The number of hydrogen-bond donors (Lipinski definition) is 0. The van der Waals surface area contributed by atoms with E-state index in [0.29, 0.717) is 31.8 Å². The molecule has 0 bridgehead atoms. The van der Waals surface area contributed by atoms with Gasteiger partial charge in [-0.2, -0.15) is 10.1 Å². The normalized spacial score (nSPS) is 21.6. The van der Waals surface area contributed by atoms with Gasteiger partial charge in [0.15, 0.2) is 6.29 Å². The van der Waals surface area contributed by atoms with Crippen molar-refractivity contribution in [1.29, 1.82) is 0 Å². The molecule has 2 aliphatic rings. The Morgan fingerprint density at radius 1 is 1.27 bits per heavy atom. The number of hydrogen-bond acceptors (Lipinski definition) is 6. The molecule has 0 aliphatic carbocycles. The van der Waals surface area contributed by atoms with Crippen molar-refractivity contribution >= 4 is 11.7 Å². The molecule has 2 aliphatic heterocycles. The number of fused-ring (bicyclic) bond motifs is 1. The summed E-state index contributed by atoms with van der Waals surface area (Å²) in [6.07, 6.45) is 5.44. The van der Waals surface area contributed by atoms with Crippen LogP contribution in [0.2, 0.25) is 0 Å². The lowest BCUT2D eigenvalue weighted by molar-refractivity contribution is -0.150. The summed E-state index contributed by atoms with van der Waals surface area (Å²) in [4.78, 5) is 23.5. The monoisotopic (exact) mass is 359 g/mol. The second-order valence-corrected chi connectivity index (χ2v) is 6.99. The van der Waals surface area contributed by atoms with E-state index in [2.05, 4.69) is 15.1 Å². The summed E-state index contributed by atoms with van der Waals surface area (Å²) in [5.41, 5.74) is 2.97. The molecule has 0 radical (unpaired) electrons. The van der Waals surface area contributed by atoms with Crippen molar-refractivity contribution in [1.82, 2.24) is 24.5 Å². The van der Waals surface area contributed by atoms with E-state index < -0.39 is 0 Å². The molecule has 1 atom stereocenters. The highest BCUT2D eigenvalue weighted by Gasteiger charge is 2.36. The van der Waals surface area contributed by atoms with Gasteiger partial charge in [-0.25, -0.2) is 9.50 Å². The van der Waals surface area contributed by atoms with Crippen LogP contribution in [0, 0.1) is 13.8 Å². The number of piperidine rings is 1. The van der Waals surface area contributed by atoms with Gasteiger partial charge >= 0.3 is 0 Å². The Kier molecular flexibility index (Phi) is 4.86. The Balaban J connectivity index is 1.47. The Morgan fingerprint density at radius 2 is 2.08 bits per heavy atom. The third-order valence-electron chi connectivity index (χ3n) is 5.41. The van der Waals surface area contributed by atoms with Crippen LogP contribution >= 0.6 is 0 Å². The molecule has 2 saturated heterocycles. The summed E-state index contributed by atoms with van der Waals surface area (Å²) >= 11 is 0. The predicted molar refractivity (Wildman–Crippen MR) is 93.6 cm³/mol. The first kappa shape index (κ1) is 17.4. The molecule has 140 valence electrons. The van der Waals surface area contributed by atoms with Gasteiger partial charge in [0.05, 0.1) is 19.3 Å². The van der Waals surface area contributed by atoms with E-state index in [4.69, 9.17) is 9.47 Å². The lowest BCUT2D eigenvalue weighted by atomic mass is 9.99. The maximum absolute atomic E-state index is 12.9. The molecule has 4 rings (SSSR count). The Hall–Kier alpha value is -2.06. The number of nitrogens with zero attached hydrogens (tertiary/aromatic N) is 5. The fraction of sp³-hybridized carbons (Fsp3) is 0.667. The molecule has 2 aromatic heterocycles. The average Bonchev–Trinajstić information content (AvgIpc) is 3.33. The van der Waals surface area contributed by atoms with Gasteiger partial charge in [0.1, 0.15) is 6.33 Å². The van der Waals surface area contributed by atoms with E-state index in [1.54, 1.807) is 4.52 Å². The summed E-state index contributed by atoms with van der Waals surface area (Å²) in [5, 5.41) is 4.22. The average molecular weight is 359 g/mol. The minimum absolute atomic E-state index is 0.0388. The maximum atomic E-state index is 12.9. The van der Waals surface area contributed by atoms with E-state index in [1.807, 2.05) is 18.7 Å². The van der Waals surface area contributed by atoms with Crippen LogP contribution in [-0.2, 0) is 20.7 Å². The second kappa shape index (κ2) is 7.28. The van der Waals surface area contributed by atoms with Crippen molar-refractivity contribution in [2.45, 2.75) is 58.3 Å². The Bertz CT molecular complexity index is 799. The van der Waals surface area contributed by atoms with Gasteiger partial charge in [-0.05, 0) is 45.1 Å². The number of likely N-dealkylation sites (tertiary alicyclic amines) is 1. The van der Waals surface area contributed by atoms with Gasteiger partial charge in [-0.3, -0.25) is 4.79 Å². The number of carbonyl (C=O) groups excluding carboxylic acids is 1. The standard InChI is InChI=1S/C18H25N5O3/c1-12-14(13(2)23-18(21-12)19-11-20-23)6-7-16(24)22-8-4-3-5-15(22)17-25-9-10-26-17/h11,15,17H,3-10H2,1-2H3. The van der Waals surface area contributed by atoms with Crippen LogP contribution < -0.4 is 0 Å². The van der Waals surface area contributed by atoms with Crippen LogP contribution in [0.5, 0.6) is 0 Å². The minimum Gasteiger partial charge on any atom is -0.348 e. The van der Waals surface area contributed by atoms with Crippen LogP contribution in [0.25, 0.3) is 5.78 Å². The fourth-order valence-electron chi connectivity index (χ4n) is 4.04. The zero-order valence-electron chi connectivity index (χ0n) is 15.3. The van der Waals surface area contributed by atoms with Crippen molar-refractivity contribution in [3.8, 4) is 0 Å². The van der Waals surface area contributed by atoms with Crippen molar-refractivity contribution in [2.24, 2.45) is 0 Å². The summed E-state index contributed by atoms with van der Waals surface area (Å²) in [5.74, 6) is 0.757. The maximum Gasteiger partial charge on any atom is 0.252 e. The van der Waals surface area contributed by atoms with Gasteiger partial charge in [-0.1, -0.05) is 0 Å². The minimum atomic E-state index is -0.268.